The fourth-order valence-electron chi connectivity index (χ4n) is 2.41. The summed E-state index contributed by atoms with van der Waals surface area (Å²) in [5.41, 5.74) is 3.95. The number of oxazole rings is 1. The number of nitrogens with one attached hydrogen (secondary N) is 1. The number of rotatable bonds is 5. The third-order valence-electron chi connectivity index (χ3n) is 3.97. The van der Waals surface area contributed by atoms with E-state index in [2.05, 4.69) is 10.3 Å². The van der Waals surface area contributed by atoms with E-state index in [-0.39, 0.29) is 11.7 Å². The molecule has 0 atom stereocenters. The number of para-hydroxylation sites is 1. The van der Waals surface area contributed by atoms with Crippen molar-refractivity contribution in [2.45, 2.75) is 27.2 Å². The van der Waals surface area contributed by atoms with Crippen molar-refractivity contribution in [3.8, 4) is 0 Å². The summed E-state index contributed by atoms with van der Waals surface area (Å²) in [6.45, 7) is 5.77. The predicted octanol–water partition coefficient (Wildman–Crippen LogP) is 5.30. The Morgan fingerprint density at radius 3 is 2.71 bits per heavy atom. The maximum absolute atomic E-state index is 12.0. The Labute approximate surface area is 145 Å². The van der Waals surface area contributed by atoms with Gasteiger partial charge in [0.2, 0.25) is 0 Å². The molecule has 0 bridgehead atoms. The van der Waals surface area contributed by atoms with Crippen LogP contribution in [-0.4, -0.2) is 10.8 Å². The molecule has 3 aromatic rings. The molecule has 124 valence electrons. The largest absolute Gasteiger partial charge is 0.422 e. The van der Waals surface area contributed by atoms with Crippen molar-refractivity contribution >= 4 is 40.2 Å². The first-order chi connectivity index (χ1) is 11.5. The van der Waals surface area contributed by atoms with Crippen molar-refractivity contribution < 1.29 is 9.21 Å². The Hall–Kier alpha value is -2.33. The average molecular weight is 343 g/mol. The first-order valence-electron chi connectivity index (χ1n) is 7.89. The molecule has 0 spiro atoms. The van der Waals surface area contributed by atoms with Crippen molar-refractivity contribution in [3.05, 3.63) is 52.5 Å². The van der Waals surface area contributed by atoms with Gasteiger partial charge in [0.05, 0.1) is 5.02 Å². The highest BCUT2D eigenvalue weighted by Crippen LogP contribution is 2.31. The Bertz CT molecular complexity index is 900. The summed E-state index contributed by atoms with van der Waals surface area (Å²) in [5.74, 6) is 0.124. The lowest BCUT2D eigenvalue weighted by atomic mass is 10.0. The van der Waals surface area contributed by atoms with Crippen LogP contribution in [0.2, 0.25) is 5.02 Å². The van der Waals surface area contributed by atoms with Crippen LogP contribution in [0, 0.1) is 12.8 Å². The molecule has 5 heteroatoms. The van der Waals surface area contributed by atoms with Gasteiger partial charge in [0.1, 0.15) is 11.3 Å². The number of carbonyl (C=O) groups excluding carboxylic acids is 1. The number of nitrogens with zero attached hydrogens (tertiary/aromatic N) is 1. The lowest BCUT2D eigenvalue weighted by Crippen LogP contribution is -2.10. The number of hydrogen-bond acceptors (Lipinski definition) is 4. The number of halogens is 1. The summed E-state index contributed by atoms with van der Waals surface area (Å²) in [4.78, 5) is 16.4. The minimum atomic E-state index is -0.0234. The minimum absolute atomic E-state index is 0.0234. The maximum Gasteiger partial charge on any atom is 0.300 e. The molecule has 0 radical (unpaired) electrons. The molecule has 0 unspecified atom stereocenters. The number of fused-ring (bicyclic) bond motifs is 1. The number of hydrogen-bond donors (Lipinski definition) is 1. The molecule has 0 saturated heterocycles. The van der Waals surface area contributed by atoms with Gasteiger partial charge in [0.25, 0.3) is 6.01 Å². The zero-order valence-corrected chi connectivity index (χ0v) is 14.6. The van der Waals surface area contributed by atoms with E-state index >= 15 is 0 Å². The molecule has 3 rings (SSSR count). The van der Waals surface area contributed by atoms with Gasteiger partial charge in [-0.05, 0) is 30.2 Å². The molecule has 0 fully saturated rings. The molecule has 0 aliphatic heterocycles. The molecule has 1 N–H and O–H groups in total. The Kier molecular flexibility index (Phi) is 4.58. The molecule has 0 aliphatic carbocycles. The first-order valence-corrected chi connectivity index (χ1v) is 8.27. The minimum Gasteiger partial charge on any atom is -0.422 e. The van der Waals surface area contributed by atoms with Gasteiger partial charge in [-0.1, -0.05) is 49.7 Å². The quantitative estimate of drug-likeness (QED) is 0.683. The monoisotopic (exact) mass is 342 g/mol. The zero-order chi connectivity index (χ0) is 17.3. The van der Waals surface area contributed by atoms with Crippen molar-refractivity contribution in [1.29, 1.82) is 0 Å². The molecule has 0 amide bonds. The van der Waals surface area contributed by atoms with Crippen LogP contribution in [-0.2, 0) is 11.2 Å². The number of benzene rings is 2. The second-order valence-electron chi connectivity index (χ2n) is 6.14. The lowest BCUT2D eigenvalue weighted by molar-refractivity contribution is -0.121. The van der Waals surface area contributed by atoms with Crippen molar-refractivity contribution in [3.63, 3.8) is 0 Å². The fraction of sp³-hybridized carbons (Fsp3) is 0.263. The molecular formula is C19H19ClN2O2. The number of aromatic nitrogens is 1. The number of Topliss-reactive ketones (excluding diaryl/α,β-unsaturated/α-hetero) is 1. The molecule has 0 saturated carbocycles. The van der Waals surface area contributed by atoms with Gasteiger partial charge in [0, 0.05) is 18.0 Å². The zero-order valence-electron chi connectivity index (χ0n) is 13.9. The molecule has 0 aliphatic rings. The molecular weight excluding hydrogens is 324 g/mol. The topological polar surface area (TPSA) is 55.1 Å². The van der Waals surface area contributed by atoms with E-state index in [9.17, 15) is 4.79 Å². The summed E-state index contributed by atoms with van der Waals surface area (Å²) in [6.07, 6.45) is 0.299. The van der Waals surface area contributed by atoms with E-state index in [0.29, 0.717) is 28.6 Å². The smallest absolute Gasteiger partial charge is 0.300 e. The van der Waals surface area contributed by atoms with Gasteiger partial charge in [-0.2, -0.15) is 4.98 Å². The van der Waals surface area contributed by atoms with Crippen LogP contribution in [0.5, 0.6) is 0 Å². The molecule has 2 aromatic carbocycles. The van der Waals surface area contributed by atoms with E-state index in [4.69, 9.17) is 16.0 Å². The lowest BCUT2D eigenvalue weighted by Gasteiger charge is -2.06. The second kappa shape index (κ2) is 6.65. The number of ketones is 1. The van der Waals surface area contributed by atoms with Gasteiger partial charge < -0.3 is 9.73 Å². The normalized spacial score (nSPS) is 11.2. The van der Waals surface area contributed by atoms with Gasteiger partial charge in [0.15, 0.2) is 5.58 Å². The van der Waals surface area contributed by atoms with Gasteiger partial charge in [-0.25, -0.2) is 0 Å². The Morgan fingerprint density at radius 1 is 1.25 bits per heavy atom. The molecule has 1 aromatic heterocycles. The molecule has 24 heavy (non-hydrogen) atoms. The van der Waals surface area contributed by atoms with Crippen molar-refractivity contribution in [2.24, 2.45) is 5.92 Å². The summed E-state index contributed by atoms with van der Waals surface area (Å²) in [6, 6.07) is 11.9. The highest BCUT2D eigenvalue weighted by molar-refractivity contribution is 6.35. The van der Waals surface area contributed by atoms with Crippen molar-refractivity contribution in [2.75, 3.05) is 5.32 Å². The second-order valence-corrected chi connectivity index (χ2v) is 6.52. The van der Waals surface area contributed by atoms with Crippen LogP contribution in [0.15, 0.2) is 40.8 Å². The Morgan fingerprint density at radius 2 is 2.00 bits per heavy atom. The average Bonchev–Trinajstić information content (AvgIpc) is 2.96. The predicted molar refractivity (Wildman–Crippen MR) is 97.0 cm³/mol. The summed E-state index contributed by atoms with van der Waals surface area (Å²) in [7, 11) is 0. The molecule has 1 heterocycles. The summed E-state index contributed by atoms with van der Waals surface area (Å²) in [5, 5.41) is 3.61. The van der Waals surface area contributed by atoms with Crippen LogP contribution in [0.4, 0.5) is 11.7 Å². The van der Waals surface area contributed by atoms with E-state index in [1.807, 2.05) is 57.2 Å². The third kappa shape index (κ3) is 3.29. The number of anilines is 2. The van der Waals surface area contributed by atoms with Crippen LogP contribution in [0.3, 0.4) is 0 Å². The van der Waals surface area contributed by atoms with E-state index in [1.54, 1.807) is 0 Å². The highest BCUT2D eigenvalue weighted by atomic mass is 35.5. The van der Waals surface area contributed by atoms with Gasteiger partial charge in [-0.3, -0.25) is 4.79 Å². The van der Waals surface area contributed by atoms with E-state index in [0.717, 1.165) is 16.8 Å². The van der Waals surface area contributed by atoms with Gasteiger partial charge in [-0.15, -0.1) is 0 Å². The number of aryl methyl sites for hydroxylation is 1. The standard InChI is InChI=1S/C19H19ClN2O2/c1-11(2)16(23)10-13-8-9-15-18(17(13)20)24-19(22-15)21-14-7-5-4-6-12(14)3/h4-9,11H,10H2,1-3H3,(H,21,22). The van der Waals surface area contributed by atoms with E-state index < -0.39 is 0 Å². The SMILES string of the molecule is Cc1ccccc1Nc1nc2ccc(CC(=O)C(C)C)c(Cl)c2o1. The van der Waals surface area contributed by atoms with Crippen LogP contribution < -0.4 is 5.32 Å². The summed E-state index contributed by atoms with van der Waals surface area (Å²) >= 11 is 6.42. The third-order valence-corrected chi connectivity index (χ3v) is 4.39. The maximum atomic E-state index is 12.0. The first kappa shape index (κ1) is 16.5. The molecule has 4 nitrogen and oxygen atoms in total. The van der Waals surface area contributed by atoms with Crippen LogP contribution in [0.1, 0.15) is 25.0 Å². The number of carbonyl (C=O) groups is 1. The Balaban J connectivity index is 1.92. The van der Waals surface area contributed by atoms with E-state index in [1.165, 1.54) is 0 Å². The fourth-order valence-corrected chi connectivity index (χ4v) is 2.68. The van der Waals surface area contributed by atoms with Crippen LogP contribution in [0.25, 0.3) is 11.1 Å². The van der Waals surface area contributed by atoms with Crippen molar-refractivity contribution in [1.82, 2.24) is 4.98 Å². The van der Waals surface area contributed by atoms with Crippen LogP contribution >= 0.6 is 11.6 Å². The highest BCUT2D eigenvalue weighted by Gasteiger charge is 2.16. The van der Waals surface area contributed by atoms with Gasteiger partial charge >= 0.3 is 0 Å². The summed E-state index contributed by atoms with van der Waals surface area (Å²) < 4.78 is 5.77.